The number of hydrogen-bond donors (Lipinski definition) is 2. The lowest BCUT2D eigenvalue weighted by atomic mass is 9.99. The number of carbonyl (C=O) groups excluding carboxylic acids is 1. The van der Waals surface area contributed by atoms with E-state index in [9.17, 15) is 4.79 Å². The number of amides is 1. The van der Waals surface area contributed by atoms with E-state index in [1.807, 2.05) is 19.1 Å². The highest BCUT2D eigenvalue weighted by Crippen LogP contribution is 2.16. The molecule has 0 bridgehead atoms. The lowest BCUT2D eigenvalue weighted by molar-refractivity contribution is -0.122. The van der Waals surface area contributed by atoms with Crippen molar-refractivity contribution in [2.45, 2.75) is 39.7 Å². The molecule has 1 atom stereocenters. The summed E-state index contributed by atoms with van der Waals surface area (Å²) in [7, 11) is 2.14. The van der Waals surface area contributed by atoms with Crippen molar-refractivity contribution < 1.29 is 4.79 Å². The first kappa shape index (κ1) is 16.7. The zero-order valence-corrected chi connectivity index (χ0v) is 13.0. The third-order valence-corrected chi connectivity index (χ3v) is 3.56. The average Bonchev–Trinajstić information content (AvgIpc) is 2.44. The van der Waals surface area contributed by atoms with Crippen LogP contribution in [-0.2, 0) is 11.3 Å². The molecule has 0 aliphatic carbocycles. The number of carbonyl (C=O) groups is 1. The van der Waals surface area contributed by atoms with E-state index in [0.717, 1.165) is 24.6 Å². The number of rotatable bonds is 7. The Bertz CT molecular complexity index is 414. The highest BCUT2D eigenvalue weighted by Gasteiger charge is 2.13. The van der Waals surface area contributed by atoms with Crippen molar-refractivity contribution >= 4 is 5.91 Å². The van der Waals surface area contributed by atoms with Gasteiger partial charge in [-0.15, -0.1) is 0 Å². The zero-order chi connectivity index (χ0) is 15.1. The molecule has 1 aromatic rings. The third kappa shape index (κ3) is 5.31. The maximum atomic E-state index is 11.5. The monoisotopic (exact) mass is 277 g/mol. The van der Waals surface area contributed by atoms with Crippen molar-refractivity contribution in [1.29, 1.82) is 0 Å². The number of nitrogens with zero attached hydrogens (tertiary/aromatic N) is 1. The van der Waals surface area contributed by atoms with E-state index in [1.165, 1.54) is 12.0 Å². The van der Waals surface area contributed by atoms with Crippen LogP contribution in [0.2, 0.25) is 0 Å². The lowest BCUT2D eigenvalue weighted by Gasteiger charge is -2.18. The molecule has 112 valence electrons. The smallest absolute Gasteiger partial charge is 0.241 e. The van der Waals surface area contributed by atoms with Crippen LogP contribution in [0, 0.1) is 5.92 Å². The van der Waals surface area contributed by atoms with Crippen molar-refractivity contribution in [3.05, 3.63) is 35.4 Å². The van der Waals surface area contributed by atoms with Crippen LogP contribution in [0.4, 0.5) is 0 Å². The Morgan fingerprint density at radius 1 is 1.25 bits per heavy atom. The molecule has 4 heteroatoms. The summed E-state index contributed by atoms with van der Waals surface area (Å²) in [5.41, 5.74) is 4.44. The van der Waals surface area contributed by atoms with E-state index >= 15 is 0 Å². The molecule has 1 aromatic carbocycles. The largest absolute Gasteiger partial charge is 0.302 e. The van der Waals surface area contributed by atoms with E-state index in [0.29, 0.717) is 0 Å². The average molecular weight is 277 g/mol. The SMILES string of the molecule is CC(C)CCN(C)Cc1ccc(C(C)C(=O)NN)cc1. The summed E-state index contributed by atoms with van der Waals surface area (Å²) in [4.78, 5) is 13.8. The molecule has 0 fully saturated rings. The van der Waals surface area contributed by atoms with Gasteiger partial charge in [-0.2, -0.15) is 0 Å². The van der Waals surface area contributed by atoms with Crippen molar-refractivity contribution in [1.82, 2.24) is 10.3 Å². The molecule has 1 rings (SSSR count). The highest BCUT2D eigenvalue weighted by atomic mass is 16.2. The molecule has 0 aliphatic rings. The summed E-state index contributed by atoms with van der Waals surface area (Å²) in [6.45, 7) is 8.38. The second kappa shape index (κ2) is 8.02. The molecule has 0 heterocycles. The van der Waals surface area contributed by atoms with Gasteiger partial charge in [-0.3, -0.25) is 10.2 Å². The number of hydrazine groups is 1. The van der Waals surface area contributed by atoms with Gasteiger partial charge < -0.3 is 4.90 Å². The molecule has 0 saturated heterocycles. The Morgan fingerprint density at radius 2 is 1.85 bits per heavy atom. The number of nitrogens with two attached hydrogens (primary N) is 1. The molecule has 0 radical (unpaired) electrons. The first-order valence-corrected chi connectivity index (χ1v) is 7.22. The minimum absolute atomic E-state index is 0.160. The van der Waals surface area contributed by atoms with E-state index in [1.54, 1.807) is 0 Å². The molecule has 1 unspecified atom stereocenters. The van der Waals surface area contributed by atoms with Crippen LogP contribution in [0.1, 0.15) is 44.2 Å². The van der Waals surface area contributed by atoms with Crippen molar-refractivity contribution in [2.75, 3.05) is 13.6 Å². The summed E-state index contributed by atoms with van der Waals surface area (Å²) in [5.74, 6) is 5.51. The summed E-state index contributed by atoms with van der Waals surface area (Å²) in [6, 6.07) is 8.18. The molecular formula is C16H27N3O. The topological polar surface area (TPSA) is 58.4 Å². The van der Waals surface area contributed by atoms with Gasteiger partial charge in [0.15, 0.2) is 0 Å². The van der Waals surface area contributed by atoms with Crippen LogP contribution >= 0.6 is 0 Å². The summed E-state index contributed by atoms with van der Waals surface area (Å²) < 4.78 is 0. The van der Waals surface area contributed by atoms with E-state index in [-0.39, 0.29) is 11.8 Å². The zero-order valence-electron chi connectivity index (χ0n) is 13.0. The Morgan fingerprint density at radius 3 is 2.35 bits per heavy atom. The molecule has 0 aromatic heterocycles. The maximum Gasteiger partial charge on any atom is 0.241 e. The lowest BCUT2D eigenvalue weighted by Crippen LogP contribution is -2.33. The van der Waals surface area contributed by atoms with Gasteiger partial charge >= 0.3 is 0 Å². The molecule has 4 nitrogen and oxygen atoms in total. The molecule has 0 saturated carbocycles. The summed E-state index contributed by atoms with van der Waals surface area (Å²) >= 11 is 0. The van der Waals surface area contributed by atoms with Crippen LogP contribution in [0.15, 0.2) is 24.3 Å². The van der Waals surface area contributed by atoms with Gasteiger partial charge in [0.25, 0.3) is 0 Å². The first-order chi connectivity index (χ1) is 9.43. The quantitative estimate of drug-likeness (QED) is 0.456. The maximum absolute atomic E-state index is 11.5. The highest BCUT2D eigenvalue weighted by molar-refractivity contribution is 5.82. The fraction of sp³-hybridized carbons (Fsp3) is 0.562. The van der Waals surface area contributed by atoms with Crippen molar-refractivity contribution in [2.24, 2.45) is 11.8 Å². The minimum atomic E-state index is -0.215. The van der Waals surface area contributed by atoms with Crippen LogP contribution in [0.25, 0.3) is 0 Å². The molecule has 1 amide bonds. The Labute approximate surface area is 122 Å². The standard InChI is InChI=1S/C16H27N3O/c1-12(2)9-10-19(4)11-14-5-7-15(8-6-14)13(3)16(20)18-17/h5-8,12-13H,9-11,17H2,1-4H3,(H,18,20). The van der Waals surface area contributed by atoms with Gasteiger partial charge in [-0.05, 0) is 44.0 Å². The summed E-state index contributed by atoms with van der Waals surface area (Å²) in [5, 5.41) is 0. The van der Waals surface area contributed by atoms with Crippen LogP contribution in [0.5, 0.6) is 0 Å². The van der Waals surface area contributed by atoms with Crippen LogP contribution in [-0.4, -0.2) is 24.4 Å². The molecule has 3 N–H and O–H groups in total. The van der Waals surface area contributed by atoms with Crippen molar-refractivity contribution in [3.8, 4) is 0 Å². The first-order valence-electron chi connectivity index (χ1n) is 7.22. The number of nitrogens with one attached hydrogen (secondary N) is 1. The van der Waals surface area contributed by atoms with Gasteiger partial charge in [0.2, 0.25) is 5.91 Å². The molecule has 0 spiro atoms. The Balaban J connectivity index is 2.56. The van der Waals surface area contributed by atoms with E-state index in [4.69, 9.17) is 5.84 Å². The van der Waals surface area contributed by atoms with Gasteiger partial charge in [-0.25, -0.2) is 5.84 Å². The molecule has 20 heavy (non-hydrogen) atoms. The number of benzene rings is 1. The van der Waals surface area contributed by atoms with Gasteiger partial charge in [0.05, 0.1) is 5.92 Å². The Hall–Kier alpha value is -1.39. The third-order valence-electron chi connectivity index (χ3n) is 3.56. The normalized spacial score (nSPS) is 12.8. The summed E-state index contributed by atoms with van der Waals surface area (Å²) in [6.07, 6.45) is 1.21. The van der Waals surface area contributed by atoms with Gasteiger partial charge in [0.1, 0.15) is 0 Å². The molecule has 0 aliphatic heterocycles. The van der Waals surface area contributed by atoms with Crippen LogP contribution < -0.4 is 11.3 Å². The van der Waals surface area contributed by atoms with Crippen LogP contribution in [0.3, 0.4) is 0 Å². The second-order valence-electron chi connectivity index (χ2n) is 5.89. The minimum Gasteiger partial charge on any atom is -0.302 e. The fourth-order valence-electron chi connectivity index (χ4n) is 2.06. The van der Waals surface area contributed by atoms with E-state index < -0.39 is 0 Å². The second-order valence-corrected chi connectivity index (χ2v) is 5.89. The van der Waals surface area contributed by atoms with Gasteiger partial charge in [-0.1, -0.05) is 38.1 Å². The fourth-order valence-corrected chi connectivity index (χ4v) is 2.06. The van der Waals surface area contributed by atoms with Crippen molar-refractivity contribution in [3.63, 3.8) is 0 Å². The molecular weight excluding hydrogens is 250 g/mol. The predicted octanol–water partition coefficient (Wildman–Crippen LogP) is 2.26. The van der Waals surface area contributed by atoms with Gasteiger partial charge in [0, 0.05) is 6.54 Å². The number of hydrogen-bond acceptors (Lipinski definition) is 3. The predicted molar refractivity (Wildman–Crippen MR) is 83.0 cm³/mol. The van der Waals surface area contributed by atoms with E-state index in [2.05, 4.69) is 43.4 Å². The Kier molecular flexibility index (Phi) is 6.68.